The Morgan fingerprint density at radius 1 is 1.29 bits per heavy atom. The molecule has 1 aliphatic rings. The lowest BCUT2D eigenvalue weighted by Crippen LogP contribution is -2.45. The van der Waals surface area contributed by atoms with E-state index in [-0.39, 0.29) is 18.1 Å². The third kappa shape index (κ3) is 2.87. The predicted molar refractivity (Wildman–Crippen MR) is 90.4 cm³/mol. The first-order valence-corrected chi connectivity index (χ1v) is 8.06. The van der Waals surface area contributed by atoms with Gasteiger partial charge in [-0.1, -0.05) is 11.6 Å². The van der Waals surface area contributed by atoms with E-state index in [9.17, 15) is 14.4 Å². The van der Waals surface area contributed by atoms with E-state index in [1.807, 2.05) is 13.0 Å². The van der Waals surface area contributed by atoms with Gasteiger partial charge in [0.1, 0.15) is 6.54 Å². The minimum absolute atomic E-state index is 0.153. The zero-order valence-corrected chi connectivity index (χ0v) is 13.9. The first kappa shape index (κ1) is 16.4. The molecule has 0 atom stereocenters. The van der Waals surface area contributed by atoms with Gasteiger partial charge in [0.05, 0.1) is 18.0 Å². The standard InChI is InChI=1S/C17H21N3O4/c1-11-3-4-14-13(9-11)16(22)20(12-5-7-18-8-6-12)17(23)19(14)10-15(21)24-2/h3-4,9,12,18H,5-8,10H2,1-2H3. The zero-order valence-electron chi connectivity index (χ0n) is 13.9. The molecule has 1 aromatic heterocycles. The lowest BCUT2D eigenvalue weighted by Gasteiger charge is -2.25. The van der Waals surface area contributed by atoms with Gasteiger partial charge < -0.3 is 10.1 Å². The van der Waals surface area contributed by atoms with Gasteiger partial charge in [-0.2, -0.15) is 0 Å². The second-order valence-electron chi connectivity index (χ2n) is 6.12. The fraction of sp³-hybridized carbons (Fsp3) is 0.471. The lowest BCUT2D eigenvalue weighted by atomic mass is 10.1. The van der Waals surface area contributed by atoms with Gasteiger partial charge >= 0.3 is 11.7 Å². The summed E-state index contributed by atoms with van der Waals surface area (Å²) < 4.78 is 7.35. The van der Waals surface area contributed by atoms with Gasteiger partial charge in [-0.15, -0.1) is 0 Å². The normalized spacial score (nSPS) is 15.6. The SMILES string of the molecule is COC(=O)Cn1c(=O)n(C2CCNCC2)c(=O)c2cc(C)ccc21. The van der Waals surface area contributed by atoms with Crippen molar-refractivity contribution in [3.63, 3.8) is 0 Å². The van der Waals surface area contributed by atoms with Gasteiger partial charge in [0.15, 0.2) is 0 Å². The number of carbonyl (C=O) groups is 1. The number of esters is 1. The number of benzene rings is 1. The van der Waals surface area contributed by atoms with Crippen molar-refractivity contribution in [1.29, 1.82) is 0 Å². The Bertz CT molecular complexity index is 891. The van der Waals surface area contributed by atoms with Crippen molar-refractivity contribution in [2.24, 2.45) is 0 Å². The van der Waals surface area contributed by atoms with Crippen molar-refractivity contribution >= 4 is 16.9 Å². The van der Waals surface area contributed by atoms with Crippen molar-refractivity contribution in [3.8, 4) is 0 Å². The van der Waals surface area contributed by atoms with E-state index in [2.05, 4.69) is 5.32 Å². The molecule has 128 valence electrons. The lowest BCUT2D eigenvalue weighted by molar-refractivity contribution is -0.141. The summed E-state index contributed by atoms with van der Waals surface area (Å²) in [5, 5.41) is 3.68. The first-order valence-electron chi connectivity index (χ1n) is 8.06. The van der Waals surface area contributed by atoms with Crippen LogP contribution in [0.3, 0.4) is 0 Å². The second kappa shape index (κ2) is 6.60. The molecule has 0 unspecified atom stereocenters. The molecule has 0 aliphatic carbocycles. The Morgan fingerprint density at radius 3 is 2.67 bits per heavy atom. The van der Waals surface area contributed by atoms with Crippen LogP contribution in [0.15, 0.2) is 27.8 Å². The van der Waals surface area contributed by atoms with Gasteiger partial charge in [-0.25, -0.2) is 4.79 Å². The van der Waals surface area contributed by atoms with Crippen molar-refractivity contribution in [1.82, 2.24) is 14.5 Å². The maximum absolute atomic E-state index is 12.9. The fourth-order valence-corrected chi connectivity index (χ4v) is 3.24. The molecule has 0 amide bonds. The number of piperidine rings is 1. The van der Waals surface area contributed by atoms with Gasteiger partial charge in [0.2, 0.25) is 0 Å². The van der Waals surface area contributed by atoms with Crippen LogP contribution in [0.4, 0.5) is 0 Å². The highest BCUT2D eigenvalue weighted by Crippen LogP contribution is 2.17. The smallest absolute Gasteiger partial charge is 0.332 e. The molecular formula is C17H21N3O4. The summed E-state index contributed by atoms with van der Waals surface area (Å²) in [5.74, 6) is -0.519. The van der Waals surface area contributed by atoms with Crippen molar-refractivity contribution in [2.45, 2.75) is 32.4 Å². The van der Waals surface area contributed by atoms with Crippen molar-refractivity contribution in [3.05, 3.63) is 44.6 Å². The molecule has 0 saturated carbocycles. The molecule has 1 saturated heterocycles. The van der Waals surface area contributed by atoms with Crippen molar-refractivity contribution in [2.75, 3.05) is 20.2 Å². The number of ether oxygens (including phenoxy) is 1. The molecule has 1 N–H and O–H groups in total. The molecule has 2 aromatic rings. The number of rotatable bonds is 3. The minimum atomic E-state index is -0.519. The maximum Gasteiger partial charge on any atom is 0.332 e. The number of carbonyl (C=O) groups excluding carboxylic acids is 1. The average molecular weight is 331 g/mol. The van der Waals surface area contributed by atoms with E-state index >= 15 is 0 Å². The molecule has 0 radical (unpaired) electrons. The highest BCUT2D eigenvalue weighted by atomic mass is 16.5. The van der Waals surface area contributed by atoms with Gasteiger partial charge in [0.25, 0.3) is 5.56 Å². The van der Waals surface area contributed by atoms with Gasteiger partial charge in [-0.3, -0.25) is 18.7 Å². The fourth-order valence-electron chi connectivity index (χ4n) is 3.24. The summed E-state index contributed by atoms with van der Waals surface area (Å²) in [6.07, 6.45) is 1.43. The van der Waals surface area contributed by atoms with Crippen LogP contribution in [-0.4, -0.2) is 35.3 Å². The number of hydrogen-bond acceptors (Lipinski definition) is 5. The Hall–Kier alpha value is -2.41. The summed E-state index contributed by atoms with van der Waals surface area (Å²) in [7, 11) is 1.28. The number of aryl methyl sites for hydroxylation is 1. The average Bonchev–Trinajstić information content (AvgIpc) is 2.59. The van der Waals surface area contributed by atoms with E-state index < -0.39 is 11.7 Å². The molecule has 1 aliphatic heterocycles. The Labute approximate surface area is 138 Å². The topological polar surface area (TPSA) is 82.3 Å². The molecule has 2 heterocycles. The van der Waals surface area contributed by atoms with E-state index in [0.717, 1.165) is 18.7 Å². The predicted octanol–water partition coefficient (Wildman–Crippen LogP) is 0.569. The Morgan fingerprint density at radius 2 is 2.00 bits per heavy atom. The molecule has 1 aromatic carbocycles. The summed E-state index contributed by atoms with van der Waals surface area (Å²) >= 11 is 0. The summed E-state index contributed by atoms with van der Waals surface area (Å²) in [4.78, 5) is 37.6. The monoisotopic (exact) mass is 331 g/mol. The third-order valence-electron chi connectivity index (χ3n) is 4.52. The van der Waals surface area contributed by atoms with Crippen molar-refractivity contribution < 1.29 is 9.53 Å². The Balaban J connectivity index is 2.29. The van der Waals surface area contributed by atoms with Crippen LogP contribution >= 0.6 is 0 Å². The number of nitrogens with zero attached hydrogens (tertiary/aromatic N) is 2. The molecule has 7 nitrogen and oxygen atoms in total. The highest BCUT2D eigenvalue weighted by Gasteiger charge is 2.23. The molecule has 3 rings (SSSR count). The van der Waals surface area contributed by atoms with E-state index in [4.69, 9.17) is 4.74 Å². The molecular weight excluding hydrogens is 310 g/mol. The molecule has 0 spiro atoms. The molecule has 1 fully saturated rings. The van der Waals surface area contributed by atoms with Crippen LogP contribution in [0, 0.1) is 6.92 Å². The number of methoxy groups -OCH3 is 1. The van der Waals surface area contributed by atoms with E-state index in [1.54, 1.807) is 12.1 Å². The summed E-state index contributed by atoms with van der Waals surface area (Å²) in [5.41, 5.74) is 0.659. The number of nitrogens with one attached hydrogen (secondary N) is 1. The van der Waals surface area contributed by atoms with Gasteiger partial charge in [-0.05, 0) is 45.0 Å². The van der Waals surface area contributed by atoms with Gasteiger partial charge in [0, 0.05) is 6.04 Å². The Kier molecular flexibility index (Phi) is 4.53. The quantitative estimate of drug-likeness (QED) is 0.832. The molecule has 7 heteroatoms. The van der Waals surface area contributed by atoms with Crippen LogP contribution in [0.1, 0.15) is 24.4 Å². The maximum atomic E-state index is 12.9. The third-order valence-corrected chi connectivity index (χ3v) is 4.52. The summed E-state index contributed by atoms with van der Waals surface area (Å²) in [6.45, 7) is 3.21. The van der Waals surface area contributed by atoms with Crippen LogP contribution in [0.25, 0.3) is 10.9 Å². The van der Waals surface area contributed by atoms with Crippen LogP contribution in [0.2, 0.25) is 0 Å². The zero-order chi connectivity index (χ0) is 17.3. The molecule has 0 bridgehead atoms. The number of hydrogen-bond donors (Lipinski definition) is 1. The highest BCUT2D eigenvalue weighted by molar-refractivity contribution is 5.80. The molecule has 24 heavy (non-hydrogen) atoms. The van der Waals surface area contributed by atoms with Crippen LogP contribution in [0.5, 0.6) is 0 Å². The number of fused-ring (bicyclic) bond motifs is 1. The van der Waals surface area contributed by atoms with Crippen LogP contribution in [-0.2, 0) is 16.1 Å². The van der Waals surface area contributed by atoms with E-state index in [0.29, 0.717) is 23.7 Å². The second-order valence-corrected chi connectivity index (χ2v) is 6.12. The minimum Gasteiger partial charge on any atom is -0.468 e. The summed E-state index contributed by atoms with van der Waals surface area (Å²) in [6, 6.07) is 5.15. The largest absolute Gasteiger partial charge is 0.468 e. The number of aromatic nitrogens is 2. The van der Waals surface area contributed by atoms with E-state index in [1.165, 1.54) is 16.2 Å². The van der Waals surface area contributed by atoms with Crippen LogP contribution < -0.4 is 16.6 Å². The first-order chi connectivity index (χ1) is 11.5.